The Morgan fingerprint density at radius 1 is 1.17 bits per heavy atom. The van der Waals surface area contributed by atoms with Gasteiger partial charge >= 0.3 is 0 Å². The number of aromatic nitrogens is 2. The van der Waals surface area contributed by atoms with E-state index in [1.165, 1.54) is 11.4 Å². The first kappa shape index (κ1) is 25.2. The second-order valence-corrected chi connectivity index (χ2v) is 8.42. The summed E-state index contributed by atoms with van der Waals surface area (Å²) in [6.45, 7) is 8.35. The Kier molecular flexibility index (Phi) is 12.0. The van der Waals surface area contributed by atoms with Gasteiger partial charge in [-0.25, -0.2) is 13.4 Å². The van der Waals surface area contributed by atoms with E-state index in [0.717, 1.165) is 19.1 Å². The molecular weight excluding hydrogens is 352 g/mol. The van der Waals surface area contributed by atoms with Crippen LogP contribution in [-0.2, 0) is 16.1 Å². The molecule has 1 aromatic rings. The van der Waals surface area contributed by atoms with E-state index in [0.29, 0.717) is 6.04 Å². The number of nitrogens with zero attached hydrogens (tertiary/aromatic N) is 4. The average Bonchev–Trinajstić information content (AvgIpc) is 2.84. The van der Waals surface area contributed by atoms with Crippen molar-refractivity contribution >= 4 is 19.7 Å². The summed E-state index contributed by atoms with van der Waals surface area (Å²) in [6, 6.07) is 2.62. The fraction of sp³-hybridized carbons (Fsp3) is 0.667. The van der Waals surface area contributed by atoms with E-state index >= 15 is 0 Å². The lowest BCUT2D eigenvalue weighted by atomic mass is 10.3. The van der Waals surface area contributed by atoms with Crippen LogP contribution in [0.4, 0.5) is 0 Å². The molecule has 1 unspecified atom stereocenters. The fourth-order valence-corrected chi connectivity index (χ4v) is 1.83. The van der Waals surface area contributed by atoms with E-state index in [-0.39, 0.29) is 0 Å². The Bertz CT molecular complexity index is 587. The Labute approximate surface area is 150 Å². The van der Waals surface area contributed by atoms with Gasteiger partial charge in [0.2, 0.25) is 9.05 Å². The Balaban J connectivity index is 0. The fourth-order valence-electron chi connectivity index (χ4n) is 1.83. The summed E-state index contributed by atoms with van der Waals surface area (Å²) in [7, 11) is 8.43. The summed E-state index contributed by atoms with van der Waals surface area (Å²) in [4.78, 5) is 0. The Morgan fingerprint density at radius 3 is 1.67 bits per heavy atom. The molecule has 1 aromatic heterocycles. The predicted molar refractivity (Wildman–Crippen MR) is 100 cm³/mol. The highest BCUT2D eigenvalue weighted by molar-refractivity contribution is 8.13. The minimum atomic E-state index is -3.19. The number of hydrogen-bond donors (Lipinski definition) is 1. The molecule has 1 aliphatic heterocycles. The van der Waals surface area contributed by atoms with Gasteiger partial charge in [-0.3, -0.25) is 4.68 Å². The number of allylic oxidation sites excluding steroid dienone is 1. The van der Waals surface area contributed by atoms with E-state index < -0.39 is 9.05 Å². The van der Waals surface area contributed by atoms with Crippen molar-refractivity contribution < 1.29 is 13.5 Å². The van der Waals surface area contributed by atoms with E-state index in [1.54, 1.807) is 0 Å². The number of aryl methyl sites for hydroxylation is 3. The summed E-state index contributed by atoms with van der Waals surface area (Å²) in [5.74, 6) is 0. The Morgan fingerprint density at radius 2 is 1.58 bits per heavy atom. The maximum atomic E-state index is 9.40. The molecule has 2 heterocycles. The van der Waals surface area contributed by atoms with Crippen molar-refractivity contribution in [1.82, 2.24) is 19.8 Å². The van der Waals surface area contributed by atoms with E-state index in [1.807, 2.05) is 25.6 Å². The second kappa shape index (κ2) is 11.5. The molecule has 0 spiro atoms. The summed E-state index contributed by atoms with van der Waals surface area (Å²) < 4.78 is 20.7. The van der Waals surface area contributed by atoms with Gasteiger partial charge in [0.05, 0.1) is 11.9 Å². The molecule has 0 aromatic carbocycles. The zero-order chi connectivity index (χ0) is 19.7. The highest BCUT2D eigenvalue weighted by Crippen LogP contribution is 2.16. The molecule has 1 N–H and O–H groups in total. The zero-order valence-electron chi connectivity index (χ0n) is 16.1. The van der Waals surface area contributed by atoms with Crippen molar-refractivity contribution in [2.75, 3.05) is 27.5 Å². The Hall–Kier alpha value is -1.09. The van der Waals surface area contributed by atoms with Gasteiger partial charge in [0.1, 0.15) is 0 Å². The minimum Gasteiger partial charge on any atom is -0.400 e. The summed E-state index contributed by atoms with van der Waals surface area (Å²) in [5, 5.41) is 15.5. The monoisotopic (exact) mass is 382 g/mol. The van der Waals surface area contributed by atoms with Crippen molar-refractivity contribution in [2.24, 2.45) is 7.05 Å². The lowest BCUT2D eigenvalue weighted by molar-refractivity contribution is 0.0693. The van der Waals surface area contributed by atoms with E-state index in [4.69, 9.17) is 5.11 Å². The molecule has 0 saturated carbocycles. The summed E-state index contributed by atoms with van der Waals surface area (Å²) in [6.07, 6.45) is 3.18. The molecule has 0 bridgehead atoms. The molecule has 9 heteroatoms. The van der Waals surface area contributed by atoms with Gasteiger partial charge in [0.15, 0.2) is 0 Å². The molecule has 7 nitrogen and oxygen atoms in total. The third-order valence-corrected chi connectivity index (χ3v) is 3.29. The van der Waals surface area contributed by atoms with Gasteiger partial charge in [0.25, 0.3) is 0 Å². The number of rotatable bonds is 0. The van der Waals surface area contributed by atoms with E-state index in [9.17, 15) is 8.42 Å². The van der Waals surface area contributed by atoms with Gasteiger partial charge < -0.3 is 10.1 Å². The maximum Gasteiger partial charge on any atom is 0.229 e. The first-order chi connectivity index (χ1) is 10.8. The number of hydrogen-bond acceptors (Lipinski definition) is 6. The van der Waals surface area contributed by atoms with Crippen LogP contribution in [0.3, 0.4) is 0 Å². The van der Waals surface area contributed by atoms with Gasteiger partial charge in [-0.2, -0.15) is 5.10 Å². The van der Waals surface area contributed by atoms with E-state index in [2.05, 4.69) is 65.9 Å². The predicted octanol–water partition coefficient (Wildman–Crippen LogP) is 1.90. The molecule has 0 saturated heterocycles. The highest BCUT2D eigenvalue weighted by Gasteiger charge is 2.18. The van der Waals surface area contributed by atoms with Crippen molar-refractivity contribution in [3.8, 4) is 0 Å². The first-order valence-corrected chi connectivity index (χ1v) is 10.0. The van der Waals surface area contributed by atoms with Gasteiger partial charge in [-0.1, -0.05) is 0 Å². The average molecular weight is 383 g/mol. The van der Waals surface area contributed by atoms with Crippen LogP contribution < -0.4 is 0 Å². The smallest absolute Gasteiger partial charge is 0.229 e. The highest BCUT2D eigenvalue weighted by atomic mass is 35.7. The second-order valence-electron chi connectivity index (χ2n) is 5.38. The molecule has 142 valence electrons. The zero-order valence-corrected chi connectivity index (χ0v) is 17.6. The minimum absolute atomic E-state index is 0.565. The molecule has 0 fully saturated rings. The van der Waals surface area contributed by atoms with Crippen LogP contribution in [0.15, 0.2) is 17.8 Å². The topological polar surface area (TPSA) is 78.7 Å². The van der Waals surface area contributed by atoms with Crippen molar-refractivity contribution in [3.05, 3.63) is 29.2 Å². The largest absolute Gasteiger partial charge is 0.400 e. The maximum absolute atomic E-state index is 9.40. The van der Waals surface area contributed by atoms with Crippen LogP contribution in [0.1, 0.15) is 25.2 Å². The molecule has 1 atom stereocenters. The number of halogens is 1. The summed E-state index contributed by atoms with van der Waals surface area (Å²) in [5.41, 5.74) is 3.64. The molecule has 2 rings (SSSR count). The third kappa shape index (κ3) is 11.4. The normalized spacial score (nSPS) is 16.9. The van der Waals surface area contributed by atoms with Crippen molar-refractivity contribution in [3.63, 3.8) is 0 Å². The van der Waals surface area contributed by atoms with Crippen molar-refractivity contribution in [2.45, 2.75) is 33.7 Å². The van der Waals surface area contributed by atoms with Crippen molar-refractivity contribution in [1.29, 1.82) is 0 Å². The number of aliphatic hydroxyl groups is 1. The SMILES string of the molecule is CC1=CC(C)N(C)N1C.CO.CS(=O)(=O)Cl.Cc1cc(C)n(C)n1. The van der Waals surface area contributed by atoms with Crippen LogP contribution in [-0.4, -0.2) is 66.8 Å². The van der Waals surface area contributed by atoms with Crippen LogP contribution in [0.25, 0.3) is 0 Å². The van der Waals surface area contributed by atoms with Gasteiger partial charge in [-0.05, 0) is 39.8 Å². The van der Waals surface area contributed by atoms with Crippen LogP contribution in [0, 0.1) is 13.8 Å². The molecule has 24 heavy (non-hydrogen) atoms. The molecule has 0 aliphatic carbocycles. The lowest BCUT2D eigenvalue weighted by Crippen LogP contribution is -2.34. The van der Waals surface area contributed by atoms with Crippen LogP contribution in [0.2, 0.25) is 0 Å². The molecule has 0 amide bonds. The lowest BCUT2D eigenvalue weighted by Gasteiger charge is -2.26. The van der Waals surface area contributed by atoms with Crippen LogP contribution >= 0.6 is 10.7 Å². The molecule has 0 radical (unpaired) electrons. The standard InChI is InChI=1S/C7H14N2.C6H10N2.CH3ClO2S.CH4O/c1-6-5-7(2)9(4)8(6)3;1-5-4-6(2)8(3)7-5;1-5(2,3)4;1-2/h5-6H,1-4H3;4H,1-3H3;1H3;2H,1H3. The van der Waals surface area contributed by atoms with Gasteiger partial charge in [-0.15, -0.1) is 0 Å². The molecule has 1 aliphatic rings. The summed E-state index contributed by atoms with van der Waals surface area (Å²) >= 11 is 0. The quantitative estimate of drug-likeness (QED) is 0.690. The number of aliphatic hydroxyl groups excluding tert-OH is 1. The van der Waals surface area contributed by atoms with Gasteiger partial charge in [0, 0.05) is 56.4 Å². The van der Waals surface area contributed by atoms with Crippen LogP contribution in [0.5, 0.6) is 0 Å². The third-order valence-electron chi connectivity index (χ3n) is 3.29. The number of hydrazine groups is 1. The first-order valence-electron chi connectivity index (χ1n) is 7.29. The number of likely N-dealkylation sites (N-methyl/N-ethyl adjacent to an activating group) is 1. The molecular formula is C15H31ClN4O3S.